The molecule has 6 heteroatoms. The number of rotatable bonds is 3. The first kappa shape index (κ1) is 14.4. The van der Waals surface area contributed by atoms with Crippen molar-refractivity contribution in [1.29, 1.82) is 0 Å². The van der Waals surface area contributed by atoms with Crippen LogP contribution in [-0.4, -0.2) is 39.6 Å². The number of benzene rings is 1. The molecule has 1 aliphatic heterocycles. The summed E-state index contributed by atoms with van der Waals surface area (Å²) in [7, 11) is -1.36. The lowest BCUT2D eigenvalue weighted by atomic mass is 10.1. The van der Waals surface area contributed by atoms with Crippen molar-refractivity contribution in [3.63, 3.8) is 0 Å². The zero-order valence-corrected chi connectivity index (χ0v) is 12.7. The maximum absolute atomic E-state index is 12.1. The summed E-state index contributed by atoms with van der Waals surface area (Å²) in [4.78, 5) is 25.4. The van der Waals surface area contributed by atoms with Crippen LogP contribution in [0.3, 0.4) is 0 Å². The SMILES string of the molecule is O=C1CCN(C(=O)CS(=O)c2ccccc2Br)CC1. The van der Waals surface area contributed by atoms with E-state index in [4.69, 9.17) is 0 Å². The molecule has 1 aromatic rings. The highest BCUT2D eigenvalue weighted by atomic mass is 79.9. The first-order valence-corrected chi connectivity index (χ1v) is 8.11. The van der Waals surface area contributed by atoms with Crippen molar-refractivity contribution in [1.82, 2.24) is 4.90 Å². The number of hydrogen-bond donors (Lipinski definition) is 0. The molecule has 1 saturated heterocycles. The van der Waals surface area contributed by atoms with E-state index in [0.29, 0.717) is 30.8 Å². The third-order valence-electron chi connectivity index (χ3n) is 3.01. The Balaban J connectivity index is 1.97. The first-order valence-electron chi connectivity index (χ1n) is 6.00. The van der Waals surface area contributed by atoms with Crippen LogP contribution in [0.5, 0.6) is 0 Å². The molecular weight excluding hydrogens is 330 g/mol. The summed E-state index contributed by atoms with van der Waals surface area (Å²) in [6.45, 7) is 0.898. The summed E-state index contributed by atoms with van der Waals surface area (Å²) in [5.74, 6) is 0.00846. The van der Waals surface area contributed by atoms with Gasteiger partial charge in [-0.25, -0.2) is 0 Å². The van der Waals surface area contributed by atoms with Crippen molar-refractivity contribution in [3.8, 4) is 0 Å². The van der Waals surface area contributed by atoms with Gasteiger partial charge in [-0.1, -0.05) is 12.1 Å². The van der Waals surface area contributed by atoms with E-state index in [0.717, 1.165) is 4.47 Å². The fraction of sp³-hybridized carbons (Fsp3) is 0.385. The molecule has 0 aliphatic carbocycles. The Labute approximate surface area is 122 Å². The summed E-state index contributed by atoms with van der Waals surface area (Å²) in [6, 6.07) is 7.18. The highest BCUT2D eigenvalue weighted by Crippen LogP contribution is 2.20. The molecule has 102 valence electrons. The number of Topliss-reactive ketones (excluding diaryl/α,β-unsaturated/α-hetero) is 1. The van der Waals surface area contributed by atoms with Crippen LogP contribution in [0.15, 0.2) is 33.6 Å². The molecule has 1 unspecified atom stereocenters. The van der Waals surface area contributed by atoms with Crippen LogP contribution in [0.25, 0.3) is 0 Å². The van der Waals surface area contributed by atoms with Gasteiger partial charge in [0, 0.05) is 30.4 Å². The van der Waals surface area contributed by atoms with Crippen molar-refractivity contribution in [2.24, 2.45) is 0 Å². The fourth-order valence-corrected chi connectivity index (χ4v) is 3.82. The van der Waals surface area contributed by atoms with Crippen LogP contribution in [0.4, 0.5) is 0 Å². The predicted molar refractivity (Wildman–Crippen MR) is 76.2 cm³/mol. The van der Waals surface area contributed by atoms with E-state index in [1.54, 1.807) is 23.1 Å². The van der Waals surface area contributed by atoms with Gasteiger partial charge in [-0.05, 0) is 28.1 Å². The van der Waals surface area contributed by atoms with Crippen molar-refractivity contribution >= 4 is 38.4 Å². The molecule has 2 rings (SSSR count). The molecule has 1 aromatic carbocycles. The lowest BCUT2D eigenvalue weighted by Crippen LogP contribution is -2.40. The van der Waals surface area contributed by atoms with Gasteiger partial charge in [0.15, 0.2) is 0 Å². The molecule has 0 spiro atoms. The highest BCUT2D eigenvalue weighted by molar-refractivity contribution is 9.10. The molecule has 0 saturated carbocycles. The molecule has 1 amide bonds. The summed E-state index contributed by atoms with van der Waals surface area (Å²) >= 11 is 3.33. The van der Waals surface area contributed by atoms with Gasteiger partial charge in [0.2, 0.25) is 5.91 Å². The van der Waals surface area contributed by atoms with Crippen molar-refractivity contribution in [3.05, 3.63) is 28.7 Å². The average Bonchev–Trinajstić information content (AvgIpc) is 2.39. The summed E-state index contributed by atoms with van der Waals surface area (Å²) in [5, 5.41) is 0. The third kappa shape index (κ3) is 3.73. The first-order chi connectivity index (χ1) is 9.08. The largest absolute Gasteiger partial charge is 0.341 e. The maximum Gasteiger partial charge on any atom is 0.235 e. The Morgan fingerprint density at radius 2 is 1.89 bits per heavy atom. The van der Waals surface area contributed by atoms with E-state index < -0.39 is 10.8 Å². The number of likely N-dealkylation sites (tertiary alicyclic amines) is 1. The van der Waals surface area contributed by atoms with E-state index in [1.807, 2.05) is 6.07 Å². The van der Waals surface area contributed by atoms with Gasteiger partial charge < -0.3 is 4.90 Å². The van der Waals surface area contributed by atoms with Crippen molar-refractivity contribution in [2.45, 2.75) is 17.7 Å². The minimum Gasteiger partial charge on any atom is -0.341 e. The van der Waals surface area contributed by atoms with Crippen LogP contribution in [-0.2, 0) is 20.4 Å². The molecule has 1 heterocycles. The van der Waals surface area contributed by atoms with E-state index in [9.17, 15) is 13.8 Å². The van der Waals surface area contributed by atoms with Gasteiger partial charge in [-0.2, -0.15) is 0 Å². The van der Waals surface area contributed by atoms with E-state index in [-0.39, 0.29) is 17.4 Å². The molecule has 0 bridgehead atoms. The maximum atomic E-state index is 12.1. The van der Waals surface area contributed by atoms with Crippen LogP contribution >= 0.6 is 15.9 Å². The number of carbonyl (C=O) groups excluding carboxylic acids is 2. The Morgan fingerprint density at radius 3 is 2.53 bits per heavy atom. The van der Waals surface area contributed by atoms with Gasteiger partial charge in [0.1, 0.15) is 11.5 Å². The Bertz CT molecular complexity index is 522. The summed E-state index contributed by atoms with van der Waals surface area (Å²) < 4.78 is 12.9. The van der Waals surface area contributed by atoms with Gasteiger partial charge in [0.25, 0.3) is 0 Å². The fourth-order valence-electron chi connectivity index (χ4n) is 1.92. The molecule has 0 N–H and O–H groups in total. The number of nitrogens with zero attached hydrogens (tertiary/aromatic N) is 1. The molecule has 1 aliphatic rings. The van der Waals surface area contributed by atoms with Crippen molar-refractivity contribution < 1.29 is 13.8 Å². The van der Waals surface area contributed by atoms with Crippen LogP contribution in [0, 0.1) is 0 Å². The smallest absolute Gasteiger partial charge is 0.235 e. The molecule has 4 nitrogen and oxygen atoms in total. The third-order valence-corrected chi connectivity index (χ3v) is 5.32. The van der Waals surface area contributed by atoms with Crippen LogP contribution < -0.4 is 0 Å². The molecular formula is C13H14BrNO3S. The molecule has 19 heavy (non-hydrogen) atoms. The lowest BCUT2D eigenvalue weighted by Gasteiger charge is -2.25. The Morgan fingerprint density at radius 1 is 1.26 bits per heavy atom. The van der Waals surface area contributed by atoms with E-state index in [1.165, 1.54) is 0 Å². The van der Waals surface area contributed by atoms with E-state index in [2.05, 4.69) is 15.9 Å². The monoisotopic (exact) mass is 343 g/mol. The topological polar surface area (TPSA) is 54.5 Å². The Kier molecular flexibility index (Phi) is 4.87. The number of carbonyl (C=O) groups is 2. The van der Waals surface area contributed by atoms with Gasteiger partial charge >= 0.3 is 0 Å². The molecule has 1 atom stereocenters. The number of halogens is 1. The lowest BCUT2D eigenvalue weighted by molar-refractivity contribution is -0.132. The number of ketones is 1. The standard InChI is InChI=1S/C13H14BrNO3S/c14-11-3-1-2-4-12(11)19(18)9-13(17)15-7-5-10(16)6-8-15/h1-4H,5-9H2. The average molecular weight is 344 g/mol. The van der Waals surface area contributed by atoms with Gasteiger partial charge in [0.05, 0.1) is 15.7 Å². The quantitative estimate of drug-likeness (QED) is 0.840. The molecule has 0 radical (unpaired) electrons. The number of amides is 1. The Hall–Kier alpha value is -1.01. The second-order valence-electron chi connectivity index (χ2n) is 4.34. The highest BCUT2D eigenvalue weighted by Gasteiger charge is 2.22. The second-order valence-corrected chi connectivity index (χ2v) is 6.61. The normalized spacial score (nSPS) is 17.3. The molecule has 0 aromatic heterocycles. The van der Waals surface area contributed by atoms with Crippen LogP contribution in [0.1, 0.15) is 12.8 Å². The summed E-state index contributed by atoms with van der Waals surface area (Å²) in [5.41, 5.74) is 0. The minimum absolute atomic E-state index is 0.0309. The van der Waals surface area contributed by atoms with E-state index >= 15 is 0 Å². The van der Waals surface area contributed by atoms with Crippen molar-refractivity contribution in [2.75, 3.05) is 18.8 Å². The number of hydrogen-bond acceptors (Lipinski definition) is 3. The predicted octanol–water partition coefficient (Wildman–Crippen LogP) is 1.75. The minimum atomic E-state index is -1.36. The van der Waals surface area contributed by atoms with Crippen LogP contribution in [0.2, 0.25) is 0 Å². The molecule has 1 fully saturated rings. The zero-order chi connectivity index (χ0) is 13.8. The van der Waals surface area contributed by atoms with Gasteiger partial charge in [-0.15, -0.1) is 0 Å². The zero-order valence-electron chi connectivity index (χ0n) is 10.3. The summed E-state index contributed by atoms with van der Waals surface area (Å²) in [6.07, 6.45) is 0.820. The van der Waals surface area contributed by atoms with Gasteiger partial charge in [-0.3, -0.25) is 13.8 Å². The second kappa shape index (κ2) is 6.43. The number of piperidine rings is 1.